The molecule has 4 heteroatoms. The molecule has 0 spiro atoms. The summed E-state index contributed by atoms with van der Waals surface area (Å²) in [6, 6.07) is 0.496. The highest BCUT2D eigenvalue weighted by molar-refractivity contribution is 6.02. The van der Waals surface area contributed by atoms with Gasteiger partial charge in [0.15, 0.2) is 5.71 Å². The second-order valence-corrected chi connectivity index (χ2v) is 3.90. The van der Waals surface area contributed by atoms with Crippen molar-refractivity contribution in [3.05, 3.63) is 11.8 Å². The van der Waals surface area contributed by atoms with Crippen molar-refractivity contribution in [1.82, 2.24) is 5.01 Å². The monoisotopic (exact) mass is 205 g/mol. The molecule has 1 atom stereocenters. The molecule has 0 saturated carbocycles. The van der Waals surface area contributed by atoms with Crippen molar-refractivity contribution in [2.45, 2.75) is 25.8 Å². The average Bonchev–Trinajstić information content (AvgIpc) is 2.65. The van der Waals surface area contributed by atoms with E-state index >= 15 is 0 Å². The zero-order chi connectivity index (χ0) is 10.8. The van der Waals surface area contributed by atoms with Gasteiger partial charge in [0.25, 0.3) is 0 Å². The summed E-state index contributed by atoms with van der Waals surface area (Å²) < 4.78 is 2.06. The summed E-state index contributed by atoms with van der Waals surface area (Å²) >= 11 is 0. The van der Waals surface area contributed by atoms with Crippen molar-refractivity contribution >= 4 is 18.3 Å². The number of nitrogens with zero attached hydrogens (tertiary/aromatic N) is 4. The minimum atomic E-state index is 0.496. The molecule has 0 aromatic heterocycles. The zero-order valence-electron chi connectivity index (χ0n) is 9.51. The number of aliphatic imine (C=N–C) groups is 2. The van der Waals surface area contributed by atoms with E-state index in [9.17, 15) is 0 Å². The van der Waals surface area contributed by atoms with E-state index in [0.29, 0.717) is 6.04 Å². The topological polar surface area (TPSA) is 31.0 Å². The molecule has 80 valence electrons. The van der Waals surface area contributed by atoms with Crippen LogP contribution in [0.1, 0.15) is 19.8 Å². The molecule has 2 aliphatic heterocycles. The van der Waals surface area contributed by atoms with Crippen molar-refractivity contribution < 1.29 is 4.68 Å². The SMILES string of the molecule is C/N=C\CC1CC=C2C(C)=NC=[N+](C)N21. The molecule has 4 nitrogen and oxygen atoms in total. The van der Waals surface area contributed by atoms with Gasteiger partial charge in [-0.3, -0.25) is 0 Å². The van der Waals surface area contributed by atoms with Crippen molar-refractivity contribution in [3.8, 4) is 0 Å². The summed E-state index contributed by atoms with van der Waals surface area (Å²) in [5.41, 5.74) is 2.35. The zero-order valence-corrected chi connectivity index (χ0v) is 9.51. The van der Waals surface area contributed by atoms with Crippen LogP contribution in [0.25, 0.3) is 0 Å². The Morgan fingerprint density at radius 1 is 1.73 bits per heavy atom. The lowest BCUT2D eigenvalue weighted by Crippen LogP contribution is -2.41. The Balaban J connectivity index is 2.20. The van der Waals surface area contributed by atoms with Crippen LogP contribution in [-0.4, -0.2) is 48.1 Å². The minimum absolute atomic E-state index is 0.496. The van der Waals surface area contributed by atoms with E-state index < -0.39 is 0 Å². The molecule has 0 N–H and O–H groups in total. The van der Waals surface area contributed by atoms with Crippen LogP contribution in [0.4, 0.5) is 0 Å². The Kier molecular flexibility index (Phi) is 2.66. The molecule has 2 rings (SSSR count). The van der Waals surface area contributed by atoms with Gasteiger partial charge in [0.05, 0.1) is 6.04 Å². The normalized spacial score (nSPS) is 25.1. The van der Waals surface area contributed by atoms with Crippen LogP contribution in [-0.2, 0) is 0 Å². The van der Waals surface area contributed by atoms with Crippen LogP contribution in [0.3, 0.4) is 0 Å². The van der Waals surface area contributed by atoms with Crippen LogP contribution < -0.4 is 0 Å². The second-order valence-electron chi connectivity index (χ2n) is 3.90. The lowest BCUT2D eigenvalue weighted by atomic mass is 10.2. The van der Waals surface area contributed by atoms with Gasteiger partial charge >= 0.3 is 6.34 Å². The lowest BCUT2D eigenvalue weighted by molar-refractivity contribution is -0.659. The number of rotatable bonds is 2. The van der Waals surface area contributed by atoms with Crippen LogP contribution in [0, 0.1) is 0 Å². The first-order valence-corrected chi connectivity index (χ1v) is 5.25. The molecular weight excluding hydrogens is 188 g/mol. The van der Waals surface area contributed by atoms with Gasteiger partial charge in [-0.05, 0) is 6.42 Å². The van der Waals surface area contributed by atoms with Gasteiger partial charge in [-0.25, -0.2) is 5.01 Å². The number of hydrazone groups is 1. The highest BCUT2D eigenvalue weighted by Gasteiger charge is 2.34. The largest absolute Gasteiger partial charge is 0.304 e. The van der Waals surface area contributed by atoms with Crippen LogP contribution in [0.15, 0.2) is 21.8 Å². The Hall–Kier alpha value is -1.45. The third-order valence-electron chi connectivity index (χ3n) is 2.87. The van der Waals surface area contributed by atoms with E-state index in [0.717, 1.165) is 18.6 Å². The summed E-state index contributed by atoms with van der Waals surface area (Å²) in [4.78, 5) is 8.39. The Morgan fingerprint density at radius 3 is 3.27 bits per heavy atom. The molecule has 0 aromatic rings. The fourth-order valence-electron chi connectivity index (χ4n) is 2.09. The van der Waals surface area contributed by atoms with Gasteiger partial charge in [-0.1, -0.05) is 11.1 Å². The van der Waals surface area contributed by atoms with Gasteiger partial charge < -0.3 is 4.99 Å². The summed E-state index contributed by atoms with van der Waals surface area (Å²) in [6.45, 7) is 2.05. The molecule has 0 radical (unpaired) electrons. The Morgan fingerprint density at radius 2 is 2.53 bits per heavy atom. The molecule has 15 heavy (non-hydrogen) atoms. The van der Waals surface area contributed by atoms with Crippen molar-refractivity contribution in [1.29, 1.82) is 0 Å². The van der Waals surface area contributed by atoms with Crippen LogP contribution >= 0.6 is 0 Å². The predicted octanol–water partition coefficient (Wildman–Crippen LogP) is 1.10. The molecule has 0 amide bonds. The number of hydrogen-bond acceptors (Lipinski definition) is 3. The summed E-state index contributed by atoms with van der Waals surface area (Å²) in [7, 11) is 3.85. The number of allylic oxidation sites excluding steroid dienone is 1. The average molecular weight is 205 g/mol. The second kappa shape index (κ2) is 3.96. The first-order valence-electron chi connectivity index (χ1n) is 5.25. The molecule has 1 unspecified atom stereocenters. The molecule has 2 aliphatic rings. The van der Waals surface area contributed by atoms with Gasteiger partial charge in [0.1, 0.15) is 12.7 Å². The molecular formula is C11H17N4+. The van der Waals surface area contributed by atoms with Crippen LogP contribution in [0.5, 0.6) is 0 Å². The van der Waals surface area contributed by atoms with E-state index in [4.69, 9.17) is 0 Å². The lowest BCUT2D eigenvalue weighted by Gasteiger charge is -2.26. The third-order valence-corrected chi connectivity index (χ3v) is 2.87. The van der Waals surface area contributed by atoms with E-state index in [2.05, 4.69) is 32.7 Å². The van der Waals surface area contributed by atoms with Crippen molar-refractivity contribution in [3.63, 3.8) is 0 Å². The summed E-state index contributed by atoms with van der Waals surface area (Å²) in [5.74, 6) is 0. The quantitative estimate of drug-likeness (QED) is 0.490. The summed E-state index contributed by atoms with van der Waals surface area (Å²) in [6.07, 6.45) is 8.18. The highest BCUT2D eigenvalue weighted by atomic mass is 15.6. The molecule has 0 fully saturated rings. The fraction of sp³-hybridized carbons (Fsp3) is 0.545. The molecule has 0 aromatic carbocycles. The fourth-order valence-corrected chi connectivity index (χ4v) is 2.09. The number of fused-ring (bicyclic) bond motifs is 1. The Bertz CT molecular complexity index is 376. The molecule has 0 bridgehead atoms. The smallest absolute Gasteiger partial charge is 0.301 e. The van der Waals surface area contributed by atoms with Gasteiger partial charge in [0, 0.05) is 26.6 Å². The number of hydrazine groups is 1. The standard InChI is InChI=1S/C11H17N4/c1-9-11-5-4-10(6-7-12-2)15(11)14(3)8-13-9/h5,7-8,10H,4,6H2,1-3H3/q+1/b12-7-. The third kappa shape index (κ3) is 1.71. The van der Waals surface area contributed by atoms with Crippen molar-refractivity contribution in [2.75, 3.05) is 14.1 Å². The summed E-state index contributed by atoms with van der Waals surface area (Å²) in [5, 5.41) is 2.30. The van der Waals surface area contributed by atoms with Crippen molar-refractivity contribution in [2.24, 2.45) is 9.98 Å². The highest BCUT2D eigenvalue weighted by Crippen LogP contribution is 2.25. The van der Waals surface area contributed by atoms with Gasteiger partial charge in [-0.15, -0.1) is 0 Å². The van der Waals surface area contributed by atoms with Crippen LogP contribution in [0.2, 0.25) is 0 Å². The first kappa shape index (κ1) is 10.1. The molecule has 0 saturated heterocycles. The van der Waals surface area contributed by atoms with Gasteiger partial charge in [-0.2, -0.15) is 4.68 Å². The first-order chi connectivity index (χ1) is 7.24. The van der Waals surface area contributed by atoms with E-state index in [1.165, 1.54) is 5.70 Å². The van der Waals surface area contributed by atoms with E-state index in [-0.39, 0.29) is 0 Å². The van der Waals surface area contributed by atoms with E-state index in [1.807, 2.05) is 26.6 Å². The maximum absolute atomic E-state index is 4.34. The van der Waals surface area contributed by atoms with E-state index in [1.54, 1.807) is 0 Å². The predicted molar refractivity (Wildman–Crippen MR) is 62.7 cm³/mol. The molecule has 2 heterocycles. The maximum atomic E-state index is 4.34. The number of hydrogen-bond donors (Lipinski definition) is 0. The minimum Gasteiger partial charge on any atom is -0.301 e. The maximum Gasteiger partial charge on any atom is 0.304 e. The van der Waals surface area contributed by atoms with Gasteiger partial charge in [0.2, 0.25) is 0 Å². The molecule has 0 aliphatic carbocycles. The Labute approximate surface area is 90.3 Å².